The number of methoxy groups -OCH3 is 3. The Morgan fingerprint density at radius 2 is 1.65 bits per heavy atom. The fourth-order valence-corrected chi connectivity index (χ4v) is 3.45. The molecule has 1 aromatic heterocycles. The summed E-state index contributed by atoms with van der Waals surface area (Å²) < 4.78 is 16.2. The van der Waals surface area contributed by atoms with E-state index in [1.807, 2.05) is 12.1 Å². The van der Waals surface area contributed by atoms with Crippen LogP contribution in [0.4, 0.5) is 0 Å². The van der Waals surface area contributed by atoms with Gasteiger partial charge in [0, 0.05) is 48.9 Å². The largest absolute Gasteiger partial charge is 0.496 e. The van der Waals surface area contributed by atoms with Gasteiger partial charge in [0.15, 0.2) is 17.5 Å². The molecule has 2 aromatic carbocycles. The fourth-order valence-electron chi connectivity index (χ4n) is 3.45. The van der Waals surface area contributed by atoms with Gasteiger partial charge in [-0.3, -0.25) is 4.99 Å². The molecule has 0 spiro atoms. The van der Waals surface area contributed by atoms with Crippen LogP contribution in [0.1, 0.15) is 16.7 Å². The second kappa shape index (κ2) is 11.7. The molecule has 0 aliphatic carbocycles. The number of halogens is 1. The van der Waals surface area contributed by atoms with Crippen LogP contribution < -0.4 is 24.8 Å². The Bertz CT molecular complexity index is 1030. The van der Waals surface area contributed by atoms with Crippen LogP contribution in [0.15, 0.2) is 41.5 Å². The van der Waals surface area contributed by atoms with Crippen LogP contribution in [0.2, 0.25) is 0 Å². The molecule has 0 atom stereocenters. The molecule has 3 N–H and O–H groups in total. The summed E-state index contributed by atoms with van der Waals surface area (Å²) in [4.78, 5) is 7.67. The number of benzene rings is 2. The number of ether oxygens (including phenoxy) is 3. The van der Waals surface area contributed by atoms with Crippen molar-refractivity contribution in [1.29, 1.82) is 0 Å². The molecule has 31 heavy (non-hydrogen) atoms. The molecule has 0 radical (unpaired) electrons. The first-order chi connectivity index (χ1) is 14.6. The van der Waals surface area contributed by atoms with Gasteiger partial charge in [0.25, 0.3) is 0 Å². The van der Waals surface area contributed by atoms with E-state index in [1.54, 1.807) is 28.4 Å². The van der Waals surface area contributed by atoms with Gasteiger partial charge in [-0.2, -0.15) is 0 Å². The molecule has 3 rings (SSSR count). The molecule has 7 nitrogen and oxygen atoms in total. The first-order valence-electron chi connectivity index (χ1n) is 9.89. The monoisotopic (exact) mass is 538 g/mol. The molecule has 0 saturated carbocycles. The number of aromatic nitrogens is 1. The molecule has 8 heteroatoms. The minimum atomic E-state index is 0. The number of nitrogens with zero attached hydrogens (tertiary/aromatic N) is 1. The third kappa shape index (κ3) is 5.96. The maximum Gasteiger partial charge on any atom is 0.191 e. The zero-order valence-electron chi connectivity index (χ0n) is 18.7. The molecule has 0 fully saturated rings. The summed E-state index contributed by atoms with van der Waals surface area (Å²) in [6, 6.07) is 10.2. The van der Waals surface area contributed by atoms with Crippen LogP contribution >= 0.6 is 24.0 Å². The van der Waals surface area contributed by atoms with Gasteiger partial charge in [0.2, 0.25) is 0 Å². The van der Waals surface area contributed by atoms with Crippen LogP contribution in [0.25, 0.3) is 10.9 Å². The summed E-state index contributed by atoms with van der Waals surface area (Å²) in [6.45, 7) is 3.41. The molecule has 0 aliphatic heterocycles. The molecule has 0 unspecified atom stereocenters. The van der Waals surface area contributed by atoms with Gasteiger partial charge >= 0.3 is 0 Å². The first kappa shape index (κ1) is 24.6. The summed E-state index contributed by atoms with van der Waals surface area (Å²) in [6.07, 6.45) is 2.97. The Balaban J connectivity index is 0.00000341. The van der Waals surface area contributed by atoms with E-state index in [1.165, 1.54) is 22.0 Å². The minimum absolute atomic E-state index is 0. The highest BCUT2D eigenvalue weighted by atomic mass is 127. The lowest BCUT2D eigenvalue weighted by molar-refractivity contribution is 0.347. The van der Waals surface area contributed by atoms with Crippen LogP contribution in [0.5, 0.6) is 17.2 Å². The lowest BCUT2D eigenvalue weighted by Gasteiger charge is -2.16. The number of aromatic amines is 1. The van der Waals surface area contributed by atoms with E-state index in [-0.39, 0.29) is 24.0 Å². The van der Waals surface area contributed by atoms with Crippen molar-refractivity contribution in [3.63, 3.8) is 0 Å². The number of guanidine groups is 1. The molecule has 168 valence electrons. The first-order valence-corrected chi connectivity index (χ1v) is 9.89. The third-order valence-electron chi connectivity index (χ3n) is 5.07. The zero-order chi connectivity index (χ0) is 21.5. The van der Waals surface area contributed by atoms with Crippen LogP contribution in [0.3, 0.4) is 0 Å². The number of aliphatic imine (C=N–C) groups is 1. The number of hydrogen-bond acceptors (Lipinski definition) is 4. The molecule has 0 aliphatic rings. The van der Waals surface area contributed by atoms with E-state index < -0.39 is 0 Å². The van der Waals surface area contributed by atoms with Crippen molar-refractivity contribution >= 4 is 40.8 Å². The molecule has 3 aromatic rings. The molecule has 0 bridgehead atoms. The summed E-state index contributed by atoms with van der Waals surface area (Å²) in [5, 5.41) is 7.96. The van der Waals surface area contributed by atoms with Gasteiger partial charge in [0.1, 0.15) is 5.75 Å². The van der Waals surface area contributed by atoms with E-state index in [4.69, 9.17) is 14.2 Å². The number of fused-ring (bicyclic) bond motifs is 1. The highest BCUT2D eigenvalue weighted by molar-refractivity contribution is 14.0. The van der Waals surface area contributed by atoms with Gasteiger partial charge in [0.05, 0.1) is 21.3 Å². The second-order valence-electron chi connectivity index (χ2n) is 6.98. The van der Waals surface area contributed by atoms with E-state index in [2.05, 4.69) is 51.9 Å². The van der Waals surface area contributed by atoms with Gasteiger partial charge in [-0.15, -0.1) is 24.0 Å². The predicted octanol–water partition coefficient (Wildman–Crippen LogP) is 4.03. The fraction of sp³-hybridized carbons (Fsp3) is 0.348. The Labute approximate surface area is 200 Å². The van der Waals surface area contributed by atoms with Crippen molar-refractivity contribution in [1.82, 2.24) is 15.6 Å². The topological polar surface area (TPSA) is 79.9 Å². The van der Waals surface area contributed by atoms with Crippen molar-refractivity contribution in [2.75, 3.05) is 34.9 Å². The van der Waals surface area contributed by atoms with Gasteiger partial charge in [-0.25, -0.2) is 0 Å². The Kier molecular flexibility index (Phi) is 9.29. The molecule has 1 heterocycles. The average molecular weight is 538 g/mol. The zero-order valence-corrected chi connectivity index (χ0v) is 21.0. The number of hydrogen-bond donors (Lipinski definition) is 3. The molecule has 0 saturated heterocycles. The molecular weight excluding hydrogens is 507 g/mol. The van der Waals surface area contributed by atoms with Crippen molar-refractivity contribution in [3.05, 3.63) is 53.2 Å². The highest BCUT2D eigenvalue weighted by Crippen LogP contribution is 2.34. The summed E-state index contributed by atoms with van der Waals surface area (Å²) in [7, 11) is 6.63. The maximum atomic E-state index is 5.49. The van der Waals surface area contributed by atoms with Gasteiger partial charge in [-0.1, -0.05) is 12.1 Å². The maximum absolute atomic E-state index is 5.49. The predicted molar refractivity (Wildman–Crippen MR) is 136 cm³/mol. The summed E-state index contributed by atoms with van der Waals surface area (Å²) in [5.41, 5.74) is 4.66. The van der Waals surface area contributed by atoms with Crippen molar-refractivity contribution in [2.45, 2.75) is 19.9 Å². The van der Waals surface area contributed by atoms with Crippen molar-refractivity contribution < 1.29 is 14.2 Å². The SMILES string of the molecule is CN=C(NCCc1c[nH]c2cc(C)ccc12)NCc1cc(OC)c(OC)cc1OC.I. The Morgan fingerprint density at radius 3 is 2.32 bits per heavy atom. The lowest BCUT2D eigenvalue weighted by atomic mass is 10.1. The summed E-state index contributed by atoms with van der Waals surface area (Å²) in [5.74, 6) is 2.74. The second-order valence-corrected chi connectivity index (χ2v) is 6.98. The van der Waals surface area contributed by atoms with Crippen LogP contribution in [-0.4, -0.2) is 45.9 Å². The minimum Gasteiger partial charge on any atom is -0.496 e. The van der Waals surface area contributed by atoms with Crippen molar-refractivity contribution in [2.24, 2.45) is 4.99 Å². The van der Waals surface area contributed by atoms with E-state index >= 15 is 0 Å². The molecule has 0 amide bonds. The Morgan fingerprint density at radius 1 is 0.935 bits per heavy atom. The number of aryl methyl sites for hydroxylation is 1. The van der Waals surface area contributed by atoms with Gasteiger partial charge in [-0.05, 0) is 36.6 Å². The standard InChI is InChI=1S/C23H30N4O3.HI/c1-15-6-7-18-16(13-26-19(18)10-15)8-9-25-23(24-2)27-14-17-11-21(29-4)22(30-5)12-20(17)28-3;/h6-7,10-13,26H,8-9,14H2,1-5H3,(H2,24,25,27);1H. The Hall–Kier alpha value is -2.62. The lowest BCUT2D eigenvalue weighted by Crippen LogP contribution is -2.37. The number of H-pyrrole nitrogens is 1. The normalized spacial score (nSPS) is 11.1. The van der Waals surface area contributed by atoms with Crippen molar-refractivity contribution in [3.8, 4) is 17.2 Å². The number of rotatable bonds is 8. The van der Waals surface area contributed by atoms with E-state index in [0.29, 0.717) is 18.0 Å². The quantitative estimate of drug-likeness (QED) is 0.229. The van der Waals surface area contributed by atoms with Gasteiger partial charge < -0.3 is 29.8 Å². The highest BCUT2D eigenvalue weighted by Gasteiger charge is 2.12. The van der Waals surface area contributed by atoms with Crippen LogP contribution in [0, 0.1) is 6.92 Å². The van der Waals surface area contributed by atoms with E-state index in [9.17, 15) is 0 Å². The van der Waals surface area contributed by atoms with E-state index in [0.717, 1.165) is 30.2 Å². The van der Waals surface area contributed by atoms with Crippen LogP contribution in [-0.2, 0) is 13.0 Å². The smallest absolute Gasteiger partial charge is 0.191 e. The number of nitrogens with one attached hydrogen (secondary N) is 3. The average Bonchev–Trinajstić information content (AvgIpc) is 3.17. The summed E-state index contributed by atoms with van der Waals surface area (Å²) >= 11 is 0. The third-order valence-corrected chi connectivity index (χ3v) is 5.07. The molecular formula is C23H31IN4O3.